The smallest absolute Gasteiger partial charge is 0.0697 e. The molecule has 0 fully saturated rings. The van der Waals surface area contributed by atoms with Crippen LogP contribution in [0.3, 0.4) is 0 Å². The van der Waals surface area contributed by atoms with E-state index in [4.69, 9.17) is 21.4 Å². The van der Waals surface area contributed by atoms with Gasteiger partial charge in [-0.1, -0.05) is 29.8 Å². The maximum atomic E-state index is 8.56. The van der Waals surface area contributed by atoms with Crippen LogP contribution in [-0.2, 0) is 11.3 Å². The Labute approximate surface area is 122 Å². The molecule has 1 heterocycles. The number of fused-ring (bicyclic) bond motifs is 1. The average molecular weight is 300 g/mol. The van der Waals surface area contributed by atoms with Crippen molar-refractivity contribution in [2.45, 2.75) is 13.0 Å². The van der Waals surface area contributed by atoms with Crippen molar-refractivity contribution in [3.05, 3.63) is 34.2 Å². The summed E-state index contributed by atoms with van der Waals surface area (Å²) in [6.07, 6.45) is 0.933. The number of thiophene rings is 1. The van der Waals surface area contributed by atoms with E-state index in [1.54, 1.807) is 11.3 Å². The van der Waals surface area contributed by atoms with Gasteiger partial charge < -0.3 is 15.2 Å². The molecule has 0 radical (unpaired) electrons. The number of aliphatic hydroxyl groups excluding tert-OH is 1. The Morgan fingerprint density at radius 3 is 2.89 bits per heavy atom. The Kier molecular flexibility index (Phi) is 6.07. The van der Waals surface area contributed by atoms with Crippen LogP contribution in [0, 0.1) is 0 Å². The van der Waals surface area contributed by atoms with Crippen LogP contribution in [0.25, 0.3) is 10.1 Å². The number of ether oxygens (including phenoxy) is 1. The van der Waals surface area contributed by atoms with Gasteiger partial charge in [0.05, 0.1) is 18.2 Å². The van der Waals surface area contributed by atoms with E-state index in [0.717, 1.165) is 29.9 Å². The minimum Gasteiger partial charge on any atom is -0.394 e. The quantitative estimate of drug-likeness (QED) is 0.736. The monoisotopic (exact) mass is 299 g/mol. The molecule has 19 heavy (non-hydrogen) atoms. The van der Waals surface area contributed by atoms with Gasteiger partial charge in [0.1, 0.15) is 0 Å². The van der Waals surface area contributed by atoms with Crippen molar-refractivity contribution in [2.24, 2.45) is 0 Å². The molecule has 0 aliphatic rings. The third-order valence-corrected chi connectivity index (χ3v) is 4.48. The number of hydrogen-bond acceptors (Lipinski definition) is 4. The molecule has 3 nitrogen and oxygen atoms in total. The molecule has 2 aromatic rings. The van der Waals surface area contributed by atoms with Crippen molar-refractivity contribution in [1.82, 2.24) is 5.32 Å². The molecule has 0 saturated heterocycles. The van der Waals surface area contributed by atoms with E-state index in [-0.39, 0.29) is 6.61 Å². The first-order valence-electron chi connectivity index (χ1n) is 6.38. The van der Waals surface area contributed by atoms with Crippen molar-refractivity contribution in [1.29, 1.82) is 0 Å². The Hall–Kier alpha value is -0.650. The summed E-state index contributed by atoms with van der Waals surface area (Å²) in [5.74, 6) is 0. The molecule has 0 amide bonds. The highest BCUT2D eigenvalue weighted by Gasteiger charge is 2.08. The third kappa shape index (κ3) is 4.16. The number of rotatable bonds is 8. The number of nitrogens with one attached hydrogen (secondary N) is 1. The molecule has 0 saturated carbocycles. The van der Waals surface area contributed by atoms with Gasteiger partial charge in [0.25, 0.3) is 0 Å². The van der Waals surface area contributed by atoms with Crippen LogP contribution in [0.5, 0.6) is 0 Å². The third-order valence-electron chi connectivity index (χ3n) is 2.76. The van der Waals surface area contributed by atoms with Gasteiger partial charge in [-0.15, -0.1) is 11.3 Å². The Morgan fingerprint density at radius 2 is 2.11 bits per heavy atom. The zero-order valence-electron chi connectivity index (χ0n) is 10.7. The molecule has 0 aliphatic heterocycles. The van der Waals surface area contributed by atoms with Gasteiger partial charge in [-0.05, 0) is 19.0 Å². The lowest BCUT2D eigenvalue weighted by Crippen LogP contribution is -2.16. The van der Waals surface area contributed by atoms with Crippen LogP contribution in [-0.4, -0.2) is 31.5 Å². The zero-order valence-corrected chi connectivity index (χ0v) is 12.3. The van der Waals surface area contributed by atoms with Gasteiger partial charge in [-0.25, -0.2) is 0 Å². The fraction of sp³-hybridized carbons (Fsp3) is 0.429. The molecular formula is C14H18ClNO2S. The molecule has 0 spiro atoms. The van der Waals surface area contributed by atoms with Crippen LogP contribution >= 0.6 is 22.9 Å². The minimum absolute atomic E-state index is 0.0881. The van der Waals surface area contributed by atoms with E-state index in [1.807, 2.05) is 12.1 Å². The van der Waals surface area contributed by atoms with Gasteiger partial charge in [0.15, 0.2) is 0 Å². The SMILES string of the molecule is OCCOCCCNCc1sc2ccccc2c1Cl. The summed E-state index contributed by atoms with van der Waals surface area (Å²) in [4.78, 5) is 1.18. The highest BCUT2D eigenvalue weighted by Crippen LogP contribution is 2.34. The fourth-order valence-electron chi connectivity index (χ4n) is 1.85. The summed E-state index contributed by atoms with van der Waals surface area (Å²) in [6.45, 7) is 2.86. The first kappa shape index (κ1) is 14.8. The summed E-state index contributed by atoms with van der Waals surface area (Å²) in [5.41, 5.74) is 0. The second kappa shape index (κ2) is 7.82. The van der Waals surface area contributed by atoms with Gasteiger partial charge in [0.2, 0.25) is 0 Å². The van der Waals surface area contributed by atoms with Crippen molar-refractivity contribution in [2.75, 3.05) is 26.4 Å². The van der Waals surface area contributed by atoms with Gasteiger partial charge in [-0.3, -0.25) is 0 Å². The Morgan fingerprint density at radius 1 is 1.26 bits per heavy atom. The first-order valence-corrected chi connectivity index (χ1v) is 7.57. The normalized spacial score (nSPS) is 11.3. The maximum Gasteiger partial charge on any atom is 0.0697 e. The van der Waals surface area contributed by atoms with Crippen molar-refractivity contribution < 1.29 is 9.84 Å². The van der Waals surface area contributed by atoms with Crippen LogP contribution in [0.15, 0.2) is 24.3 Å². The van der Waals surface area contributed by atoms with E-state index in [1.165, 1.54) is 9.58 Å². The molecule has 5 heteroatoms. The van der Waals surface area contributed by atoms with Crippen LogP contribution in [0.2, 0.25) is 5.02 Å². The predicted octanol–water partition coefficient (Wildman–Crippen LogP) is 3.04. The van der Waals surface area contributed by atoms with Crippen LogP contribution in [0.1, 0.15) is 11.3 Å². The first-order chi connectivity index (χ1) is 9.33. The average Bonchev–Trinajstić information content (AvgIpc) is 2.75. The molecule has 0 aliphatic carbocycles. The lowest BCUT2D eigenvalue weighted by atomic mass is 10.2. The van der Waals surface area contributed by atoms with Gasteiger partial charge in [0, 0.05) is 28.1 Å². The van der Waals surface area contributed by atoms with Crippen molar-refractivity contribution in [3.63, 3.8) is 0 Å². The summed E-state index contributed by atoms with van der Waals surface area (Å²) in [6, 6.07) is 8.19. The van der Waals surface area contributed by atoms with Crippen LogP contribution in [0.4, 0.5) is 0 Å². The van der Waals surface area contributed by atoms with E-state index in [9.17, 15) is 0 Å². The topological polar surface area (TPSA) is 41.5 Å². The molecule has 104 valence electrons. The summed E-state index contributed by atoms with van der Waals surface area (Å²) < 4.78 is 6.43. The maximum absolute atomic E-state index is 8.56. The molecule has 1 aromatic carbocycles. The van der Waals surface area contributed by atoms with Crippen molar-refractivity contribution >= 4 is 33.0 Å². The second-order valence-electron chi connectivity index (χ2n) is 4.20. The molecule has 0 bridgehead atoms. The lowest BCUT2D eigenvalue weighted by Gasteiger charge is -2.04. The minimum atomic E-state index is 0.0881. The number of benzene rings is 1. The van der Waals surface area contributed by atoms with Crippen LogP contribution < -0.4 is 5.32 Å². The molecular weight excluding hydrogens is 282 g/mol. The summed E-state index contributed by atoms with van der Waals surface area (Å²) in [7, 11) is 0. The lowest BCUT2D eigenvalue weighted by molar-refractivity contribution is 0.0907. The summed E-state index contributed by atoms with van der Waals surface area (Å²) in [5, 5.41) is 13.9. The number of aliphatic hydroxyl groups is 1. The van der Waals surface area contributed by atoms with E-state index in [0.29, 0.717) is 13.2 Å². The fourth-order valence-corrected chi connectivity index (χ4v) is 3.32. The Balaban J connectivity index is 1.77. The highest BCUT2D eigenvalue weighted by molar-refractivity contribution is 7.19. The number of hydrogen-bond donors (Lipinski definition) is 2. The molecule has 2 rings (SSSR count). The zero-order chi connectivity index (χ0) is 13.5. The largest absolute Gasteiger partial charge is 0.394 e. The van der Waals surface area contributed by atoms with Gasteiger partial charge >= 0.3 is 0 Å². The predicted molar refractivity (Wildman–Crippen MR) is 81.1 cm³/mol. The molecule has 1 aromatic heterocycles. The van der Waals surface area contributed by atoms with Crippen molar-refractivity contribution in [3.8, 4) is 0 Å². The van der Waals surface area contributed by atoms with E-state index < -0.39 is 0 Å². The molecule has 2 N–H and O–H groups in total. The van der Waals surface area contributed by atoms with E-state index >= 15 is 0 Å². The molecule has 0 atom stereocenters. The standard InChI is InChI=1S/C14H18ClNO2S/c15-14-11-4-1-2-5-12(11)19-13(14)10-16-6-3-8-18-9-7-17/h1-2,4-5,16-17H,3,6-10H2. The second-order valence-corrected chi connectivity index (χ2v) is 5.72. The highest BCUT2D eigenvalue weighted by atomic mass is 35.5. The summed E-state index contributed by atoms with van der Waals surface area (Å²) >= 11 is 8.09. The molecule has 0 unspecified atom stereocenters. The Bertz CT molecular complexity index is 515. The van der Waals surface area contributed by atoms with Gasteiger partial charge in [-0.2, -0.15) is 0 Å². The number of halogens is 1. The van der Waals surface area contributed by atoms with E-state index in [2.05, 4.69) is 17.4 Å².